The van der Waals surface area contributed by atoms with E-state index in [0.717, 1.165) is 10.6 Å². The molecule has 0 aliphatic rings. The van der Waals surface area contributed by atoms with Crippen molar-refractivity contribution in [2.24, 2.45) is 0 Å². The predicted octanol–water partition coefficient (Wildman–Crippen LogP) is 2.70. The fourth-order valence-corrected chi connectivity index (χ4v) is 2.09. The van der Waals surface area contributed by atoms with Gasteiger partial charge in [-0.25, -0.2) is 0 Å². The lowest BCUT2D eigenvalue weighted by Crippen LogP contribution is -1.95. The Morgan fingerprint density at radius 1 is 1.31 bits per heavy atom. The van der Waals surface area contributed by atoms with Gasteiger partial charge in [0.05, 0.1) is 5.69 Å². The van der Waals surface area contributed by atoms with Crippen LogP contribution in [0, 0.1) is 0 Å². The molecule has 0 aliphatic carbocycles. The summed E-state index contributed by atoms with van der Waals surface area (Å²) in [6, 6.07) is 5.99. The first kappa shape index (κ1) is 10.5. The van der Waals surface area contributed by atoms with Gasteiger partial charge in [-0.2, -0.15) is 0 Å². The van der Waals surface area contributed by atoms with Crippen LogP contribution in [0.5, 0.6) is 0 Å². The first-order valence-corrected chi connectivity index (χ1v) is 6.19. The second kappa shape index (κ2) is 5.19. The van der Waals surface area contributed by atoms with Gasteiger partial charge in [-0.1, -0.05) is 0 Å². The topological polar surface area (TPSA) is 29.1 Å². The molecule has 2 nitrogen and oxygen atoms in total. The third kappa shape index (κ3) is 2.67. The highest BCUT2D eigenvalue weighted by molar-refractivity contribution is 7.99. The molecule has 4 heteroatoms. The zero-order valence-corrected chi connectivity index (χ0v) is 9.17. The van der Waals surface area contributed by atoms with E-state index in [0.29, 0.717) is 6.41 Å². The summed E-state index contributed by atoms with van der Waals surface area (Å²) in [4.78, 5) is 12.6. The number of carbonyl (C=O) groups excluding carboxylic acids is 1. The van der Waals surface area contributed by atoms with Crippen molar-refractivity contribution in [2.45, 2.75) is 9.79 Å². The van der Waals surface area contributed by atoms with Crippen LogP contribution < -0.4 is 5.32 Å². The van der Waals surface area contributed by atoms with Gasteiger partial charge in [0, 0.05) is 9.79 Å². The van der Waals surface area contributed by atoms with Crippen LogP contribution in [0.4, 0.5) is 5.69 Å². The summed E-state index contributed by atoms with van der Waals surface area (Å²) >= 11 is 3.33. The van der Waals surface area contributed by atoms with Crippen molar-refractivity contribution in [3.8, 4) is 0 Å². The largest absolute Gasteiger partial charge is 0.328 e. The zero-order chi connectivity index (χ0) is 9.68. The minimum Gasteiger partial charge on any atom is -0.328 e. The average Bonchev–Trinajstić information content (AvgIpc) is 2.19. The van der Waals surface area contributed by atoms with E-state index in [1.54, 1.807) is 23.5 Å². The summed E-state index contributed by atoms with van der Waals surface area (Å²) in [5.74, 6) is 0. The molecular weight excluding hydrogens is 202 g/mol. The van der Waals surface area contributed by atoms with Crippen molar-refractivity contribution in [3.63, 3.8) is 0 Å². The molecule has 1 rings (SSSR count). The fraction of sp³-hybridized carbons (Fsp3) is 0.222. The lowest BCUT2D eigenvalue weighted by Gasteiger charge is -2.06. The van der Waals surface area contributed by atoms with E-state index in [-0.39, 0.29) is 0 Å². The van der Waals surface area contributed by atoms with E-state index >= 15 is 0 Å². The summed E-state index contributed by atoms with van der Waals surface area (Å²) in [5.41, 5.74) is 0.875. The number of amides is 1. The van der Waals surface area contributed by atoms with Crippen LogP contribution >= 0.6 is 23.5 Å². The van der Waals surface area contributed by atoms with Crippen LogP contribution in [0.25, 0.3) is 0 Å². The Morgan fingerprint density at radius 3 is 2.62 bits per heavy atom. The minimum absolute atomic E-state index is 0.702. The number of benzene rings is 1. The van der Waals surface area contributed by atoms with E-state index in [1.807, 2.05) is 24.6 Å². The van der Waals surface area contributed by atoms with Crippen molar-refractivity contribution in [3.05, 3.63) is 18.2 Å². The normalized spacial score (nSPS) is 9.69. The summed E-state index contributed by atoms with van der Waals surface area (Å²) in [5, 5.41) is 2.67. The van der Waals surface area contributed by atoms with Crippen LogP contribution in [0.3, 0.4) is 0 Å². The van der Waals surface area contributed by atoms with Gasteiger partial charge in [0.25, 0.3) is 0 Å². The van der Waals surface area contributed by atoms with Crippen LogP contribution in [-0.2, 0) is 4.79 Å². The number of hydrogen-bond acceptors (Lipinski definition) is 3. The van der Waals surface area contributed by atoms with Crippen LogP contribution in [0.2, 0.25) is 0 Å². The molecule has 0 unspecified atom stereocenters. The van der Waals surface area contributed by atoms with Crippen LogP contribution in [-0.4, -0.2) is 18.9 Å². The summed E-state index contributed by atoms with van der Waals surface area (Å²) in [6.07, 6.45) is 4.73. The maximum absolute atomic E-state index is 10.3. The van der Waals surface area contributed by atoms with Gasteiger partial charge < -0.3 is 5.32 Å². The minimum atomic E-state index is 0.702. The van der Waals surface area contributed by atoms with Crippen molar-refractivity contribution >= 4 is 35.6 Å². The van der Waals surface area contributed by atoms with Gasteiger partial charge in [-0.3, -0.25) is 4.79 Å². The first-order chi connectivity index (χ1) is 6.31. The van der Waals surface area contributed by atoms with E-state index in [4.69, 9.17) is 0 Å². The molecule has 0 heterocycles. The monoisotopic (exact) mass is 213 g/mol. The quantitative estimate of drug-likeness (QED) is 0.616. The first-order valence-electron chi connectivity index (χ1n) is 3.74. The second-order valence-electron chi connectivity index (χ2n) is 2.33. The second-order valence-corrected chi connectivity index (χ2v) is 4.06. The molecule has 1 aromatic rings. The molecule has 0 fully saturated rings. The molecule has 1 aromatic carbocycles. The lowest BCUT2D eigenvalue weighted by molar-refractivity contribution is -0.105. The standard InChI is InChI=1S/C9H11NOS2/c1-12-7-3-4-8(10-6-11)9(5-7)13-2/h3-6H,1-2H3,(H,10,11). The highest BCUT2D eigenvalue weighted by Crippen LogP contribution is 2.29. The molecule has 0 atom stereocenters. The number of rotatable bonds is 4. The Hall–Kier alpha value is -0.610. The zero-order valence-electron chi connectivity index (χ0n) is 7.53. The number of hydrogen-bond donors (Lipinski definition) is 1. The van der Waals surface area contributed by atoms with Gasteiger partial charge >= 0.3 is 0 Å². The molecule has 0 bridgehead atoms. The van der Waals surface area contributed by atoms with Gasteiger partial charge in [0.15, 0.2) is 0 Å². The van der Waals surface area contributed by atoms with E-state index in [2.05, 4.69) is 11.4 Å². The van der Waals surface area contributed by atoms with E-state index in [1.165, 1.54) is 4.90 Å². The Balaban J connectivity index is 3.00. The highest BCUT2D eigenvalue weighted by Gasteiger charge is 2.01. The fourth-order valence-electron chi connectivity index (χ4n) is 0.981. The van der Waals surface area contributed by atoms with Crippen molar-refractivity contribution in [2.75, 3.05) is 17.8 Å². The van der Waals surface area contributed by atoms with Gasteiger partial charge in [-0.15, -0.1) is 23.5 Å². The number of anilines is 1. The van der Waals surface area contributed by atoms with Crippen LogP contribution in [0.1, 0.15) is 0 Å². The SMILES string of the molecule is CSc1ccc(NC=O)c(SC)c1. The van der Waals surface area contributed by atoms with E-state index < -0.39 is 0 Å². The number of carbonyl (C=O) groups is 1. The van der Waals surface area contributed by atoms with Gasteiger partial charge in [0.1, 0.15) is 0 Å². The molecule has 0 saturated heterocycles. The molecule has 1 N–H and O–H groups in total. The molecule has 0 aliphatic heterocycles. The Morgan fingerprint density at radius 2 is 2.08 bits per heavy atom. The summed E-state index contributed by atoms with van der Waals surface area (Å²) in [6.45, 7) is 0. The molecule has 0 radical (unpaired) electrons. The third-order valence-electron chi connectivity index (χ3n) is 1.62. The van der Waals surface area contributed by atoms with E-state index in [9.17, 15) is 4.79 Å². The smallest absolute Gasteiger partial charge is 0.211 e. The highest BCUT2D eigenvalue weighted by atomic mass is 32.2. The molecule has 0 spiro atoms. The van der Waals surface area contributed by atoms with Crippen LogP contribution in [0.15, 0.2) is 28.0 Å². The maximum Gasteiger partial charge on any atom is 0.211 e. The number of thioether (sulfide) groups is 2. The molecule has 0 saturated carbocycles. The molecule has 13 heavy (non-hydrogen) atoms. The van der Waals surface area contributed by atoms with Crippen molar-refractivity contribution < 1.29 is 4.79 Å². The van der Waals surface area contributed by atoms with Crippen molar-refractivity contribution in [1.29, 1.82) is 0 Å². The molecule has 0 aromatic heterocycles. The number of nitrogens with one attached hydrogen (secondary N) is 1. The molecular formula is C9H11NOS2. The van der Waals surface area contributed by atoms with Gasteiger partial charge in [0.2, 0.25) is 6.41 Å². The third-order valence-corrected chi connectivity index (χ3v) is 3.13. The lowest BCUT2D eigenvalue weighted by atomic mass is 10.3. The summed E-state index contributed by atoms with van der Waals surface area (Å²) < 4.78 is 0. The molecule has 1 amide bonds. The summed E-state index contributed by atoms with van der Waals surface area (Å²) in [7, 11) is 0. The Labute approximate surface area is 86.5 Å². The maximum atomic E-state index is 10.3. The average molecular weight is 213 g/mol. The van der Waals surface area contributed by atoms with Crippen molar-refractivity contribution in [1.82, 2.24) is 0 Å². The molecule has 70 valence electrons. The Bertz CT molecular complexity index is 302. The predicted molar refractivity (Wildman–Crippen MR) is 59.7 cm³/mol. The van der Waals surface area contributed by atoms with Gasteiger partial charge in [-0.05, 0) is 30.7 Å². The Kier molecular flexibility index (Phi) is 4.18.